The van der Waals surface area contributed by atoms with Crippen LogP contribution in [0.1, 0.15) is 27.8 Å². The number of benzene rings is 6. The molecule has 390 valence electrons. The molecule has 77 heavy (non-hydrogen) atoms. The van der Waals surface area contributed by atoms with Crippen molar-refractivity contribution in [1.82, 2.24) is 0 Å². The summed E-state index contributed by atoms with van der Waals surface area (Å²) < 4.78 is 134. The molecule has 0 spiro atoms. The number of hydrazone groups is 2. The largest absolute Gasteiger partial charge is 0.506 e. The number of phenolic OH excluding ortho intramolecular Hbond substituents is 2. The van der Waals surface area contributed by atoms with Gasteiger partial charge in [0.05, 0.1) is 44.0 Å². The monoisotopic (exact) mass is 1120 g/mol. The molecule has 3 aliphatic carbocycles. The van der Waals surface area contributed by atoms with Crippen LogP contribution in [-0.2, 0) is 45.2 Å². The van der Waals surface area contributed by atoms with Crippen LogP contribution in [0, 0.1) is 11.7 Å². The molecular formula is C49H36N10O14S4. The highest BCUT2D eigenvalue weighted by Crippen LogP contribution is 2.44. The number of aliphatic imine (C=N–C) groups is 1. The van der Waals surface area contributed by atoms with Gasteiger partial charge in [-0.15, -0.1) is 20.4 Å². The lowest BCUT2D eigenvalue weighted by Gasteiger charge is -2.18. The zero-order valence-corrected chi connectivity index (χ0v) is 42.3. The van der Waals surface area contributed by atoms with Crippen LogP contribution in [-0.4, -0.2) is 92.2 Å². The van der Waals surface area contributed by atoms with Crippen molar-refractivity contribution in [3.05, 3.63) is 172 Å². The van der Waals surface area contributed by atoms with Crippen molar-refractivity contribution >= 4 is 120 Å². The number of ketones is 1. The molecule has 0 aromatic heterocycles. The highest BCUT2D eigenvalue weighted by atomic mass is 32.2. The number of fused-ring (bicyclic) bond motifs is 3. The van der Waals surface area contributed by atoms with E-state index in [9.17, 15) is 62.7 Å². The van der Waals surface area contributed by atoms with Crippen molar-refractivity contribution in [2.24, 2.45) is 35.6 Å². The van der Waals surface area contributed by atoms with E-state index in [1.165, 1.54) is 66.8 Å². The molecule has 1 unspecified atom stereocenters. The molecule has 9 rings (SSSR count). The van der Waals surface area contributed by atoms with E-state index < -0.39 is 83.7 Å². The fourth-order valence-corrected chi connectivity index (χ4v) is 10.2. The minimum Gasteiger partial charge on any atom is -0.506 e. The molecule has 28 heteroatoms. The molecule has 24 nitrogen and oxygen atoms in total. The van der Waals surface area contributed by atoms with Gasteiger partial charge >= 0.3 is 0 Å². The lowest BCUT2D eigenvalue weighted by atomic mass is 9.92. The van der Waals surface area contributed by atoms with Gasteiger partial charge in [-0.3, -0.25) is 33.9 Å². The van der Waals surface area contributed by atoms with E-state index in [4.69, 9.17) is 4.78 Å². The minimum atomic E-state index is -5.26. The topological polar surface area (TPSA) is 392 Å². The molecule has 0 aliphatic heterocycles. The molecule has 0 saturated heterocycles. The number of rotatable bonds is 12. The maximum absolute atomic E-state index is 13.0. The van der Waals surface area contributed by atoms with Crippen LogP contribution in [0.4, 0.5) is 28.4 Å². The molecule has 0 amide bonds. The molecule has 0 radical (unpaired) electrons. The first-order valence-corrected chi connectivity index (χ1v) is 27.7. The second-order valence-corrected chi connectivity index (χ2v) is 22.3. The highest BCUT2D eigenvalue weighted by molar-refractivity contribution is 7.91. The number of aryl methyl sites for hydroxylation is 1. The number of aromatic hydroxyl groups is 2. The van der Waals surface area contributed by atoms with Crippen molar-refractivity contribution in [3.63, 3.8) is 0 Å². The number of nitrogens with zero attached hydrogens (tertiary/aromatic N) is 7. The van der Waals surface area contributed by atoms with E-state index in [2.05, 4.69) is 46.5 Å². The molecule has 6 aromatic rings. The van der Waals surface area contributed by atoms with E-state index >= 15 is 0 Å². The Labute approximate surface area is 437 Å². The molecule has 3 aliphatic rings. The number of carbonyl (C=O) groups is 1. The van der Waals surface area contributed by atoms with Crippen LogP contribution in [0.2, 0.25) is 0 Å². The van der Waals surface area contributed by atoms with Crippen LogP contribution >= 0.6 is 0 Å². The SMILES string of the molecule is Cc1cc(N=Nc2c(S(=O)(=O)O)cc3c(c2O)C=CC(=Nc2ccccc2)C3=NN=C2C=C(S(=N)(=O)O)C=CC2=O)c(O)cc1NN=C1C=CC(=NNc2cccc3c(S(=O)(=O)O)cccc23)c2cc(S(=O)(=O)O)ccc21. The normalized spacial score (nSPS) is 18.1. The number of carbonyl (C=O) groups excluding carboxylic acids is 1. The summed E-state index contributed by atoms with van der Waals surface area (Å²) in [7, 11) is -18.8. The van der Waals surface area contributed by atoms with Crippen molar-refractivity contribution in [2.45, 2.75) is 21.6 Å². The Morgan fingerprint density at radius 2 is 1.22 bits per heavy atom. The first kappa shape index (κ1) is 52.8. The van der Waals surface area contributed by atoms with Gasteiger partial charge in [0.25, 0.3) is 30.4 Å². The number of phenols is 2. The van der Waals surface area contributed by atoms with Gasteiger partial charge in [-0.1, -0.05) is 48.5 Å². The highest BCUT2D eigenvalue weighted by Gasteiger charge is 2.30. The third-order valence-corrected chi connectivity index (χ3v) is 15.1. The molecule has 0 heterocycles. The minimum absolute atomic E-state index is 0.0263. The Hall–Kier alpha value is -9.00. The zero-order valence-electron chi connectivity index (χ0n) is 39.1. The molecule has 9 N–H and O–H groups in total. The fraction of sp³-hybridized carbons (Fsp3) is 0.0204. The summed E-state index contributed by atoms with van der Waals surface area (Å²) in [6, 6.07) is 24.3. The average molecular weight is 1120 g/mol. The summed E-state index contributed by atoms with van der Waals surface area (Å²) in [6.07, 6.45) is 8.47. The summed E-state index contributed by atoms with van der Waals surface area (Å²) in [5.74, 6) is -2.14. The molecular weight excluding hydrogens is 1080 g/mol. The van der Waals surface area contributed by atoms with Crippen LogP contribution in [0.15, 0.2) is 195 Å². The summed E-state index contributed by atoms with van der Waals surface area (Å²) in [4.78, 5) is 15.0. The predicted octanol–water partition coefficient (Wildman–Crippen LogP) is 8.40. The number of allylic oxidation sites excluding steroid dienone is 6. The predicted molar refractivity (Wildman–Crippen MR) is 287 cm³/mol. The summed E-state index contributed by atoms with van der Waals surface area (Å²) >= 11 is 0. The van der Waals surface area contributed by atoms with Crippen molar-refractivity contribution in [3.8, 4) is 11.5 Å². The van der Waals surface area contributed by atoms with E-state index in [0.29, 0.717) is 27.9 Å². The zero-order chi connectivity index (χ0) is 55.2. The lowest BCUT2D eigenvalue weighted by Crippen LogP contribution is -2.20. The van der Waals surface area contributed by atoms with E-state index in [1.807, 2.05) is 0 Å². The molecule has 0 fully saturated rings. The standard InChI is InChI=1S/C49H36N10O14S4/c1-26-21-41(44(61)25-40(26)55-53-37-18-19-38(34-22-29(75(65,66)67)13-15-31(34)37)54-52-36-11-5-10-32-30(36)9-6-12-45(32)76(68,69)70)56-59-48-46(77(71,72)73)24-35-33(49(48)62)16-17-39(51-27-7-3-2-4-8-27)47(35)58-57-42-23-28(74(50,63)64)14-20-43(42)60/h2-25,52,55,61-62H,1H3,(H2,50,63,64)(H,65,66,67)(H,68,69,70)(H,71,72,73). The Balaban J connectivity index is 1.04. The maximum Gasteiger partial charge on any atom is 0.296 e. The third-order valence-electron chi connectivity index (χ3n) is 11.5. The Morgan fingerprint density at radius 3 is 1.91 bits per heavy atom. The van der Waals surface area contributed by atoms with Crippen molar-refractivity contribution < 1.29 is 62.7 Å². The van der Waals surface area contributed by atoms with E-state index in [1.54, 1.807) is 49.4 Å². The molecule has 0 bridgehead atoms. The Morgan fingerprint density at radius 1 is 0.558 bits per heavy atom. The maximum atomic E-state index is 13.0. The number of nitrogens with one attached hydrogen (secondary N) is 3. The van der Waals surface area contributed by atoms with Crippen LogP contribution in [0.25, 0.3) is 16.8 Å². The van der Waals surface area contributed by atoms with Crippen LogP contribution < -0.4 is 10.9 Å². The van der Waals surface area contributed by atoms with Gasteiger partial charge in [-0.25, -0.2) is 14.0 Å². The number of anilines is 2. The first-order chi connectivity index (χ1) is 36.3. The molecule has 1 atom stereocenters. The van der Waals surface area contributed by atoms with Crippen LogP contribution in [0.5, 0.6) is 11.5 Å². The van der Waals surface area contributed by atoms with Gasteiger partial charge < -0.3 is 10.2 Å². The number of para-hydroxylation sites is 1. The fourth-order valence-electron chi connectivity index (χ4n) is 7.86. The smallest absolute Gasteiger partial charge is 0.296 e. The second kappa shape index (κ2) is 20.3. The van der Waals surface area contributed by atoms with Gasteiger partial charge in [0.1, 0.15) is 38.3 Å². The average Bonchev–Trinajstić information content (AvgIpc) is 3.39. The third kappa shape index (κ3) is 11.2. The van der Waals surface area contributed by atoms with Gasteiger partial charge in [-0.2, -0.15) is 35.5 Å². The lowest BCUT2D eigenvalue weighted by molar-refractivity contribution is -0.108. The summed E-state index contributed by atoms with van der Waals surface area (Å²) in [5, 5.41) is 48.3. The van der Waals surface area contributed by atoms with Gasteiger partial charge in [0.2, 0.25) is 5.78 Å². The first-order valence-electron chi connectivity index (χ1n) is 21.9. The van der Waals surface area contributed by atoms with Gasteiger partial charge in [0, 0.05) is 39.1 Å². The Kier molecular flexibility index (Phi) is 13.9. The number of hydrogen-bond acceptors (Lipinski definition) is 20. The van der Waals surface area contributed by atoms with E-state index in [-0.39, 0.29) is 61.2 Å². The molecule has 0 saturated carbocycles. The van der Waals surface area contributed by atoms with Gasteiger partial charge in [-0.05, 0) is 104 Å². The number of azo groups is 1. The van der Waals surface area contributed by atoms with Crippen molar-refractivity contribution in [1.29, 1.82) is 4.78 Å². The van der Waals surface area contributed by atoms with Crippen LogP contribution in [0.3, 0.4) is 0 Å². The van der Waals surface area contributed by atoms with Gasteiger partial charge in [0.15, 0.2) is 15.8 Å². The quantitative estimate of drug-likeness (QED) is 0.0240. The van der Waals surface area contributed by atoms with E-state index in [0.717, 1.165) is 36.4 Å². The second-order valence-electron chi connectivity index (χ2n) is 16.6. The summed E-state index contributed by atoms with van der Waals surface area (Å²) in [5.41, 5.74) is 5.81. The van der Waals surface area contributed by atoms with Crippen molar-refractivity contribution in [2.75, 3.05) is 10.9 Å². The number of hydrogen-bond donors (Lipinski definition) is 9. The Bertz CT molecular complexity index is 4380. The molecule has 6 aromatic carbocycles. The summed E-state index contributed by atoms with van der Waals surface area (Å²) in [6.45, 7) is 1.58.